The topological polar surface area (TPSA) is 9.86 Å². The van der Waals surface area contributed by atoms with Gasteiger partial charge in [-0.2, -0.15) is 0 Å². The van der Waals surface area contributed by atoms with Crippen molar-refractivity contribution in [2.75, 3.05) is 0 Å². The molecule has 2 heteroatoms. The largest absolute Gasteiger partial charge is 0.309 e. The molecule has 0 fully saturated rings. The van der Waals surface area contributed by atoms with Gasteiger partial charge in [-0.15, -0.1) is 0 Å². The fourth-order valence-electron chi connectivity index (χ4n) is 9.98. The lowest BCUT2D eigenvalue weighted by molar-refractivity contribution is 1.18. The van der Waals surface area contributed by atoms with Crippen molar-refractivity contribution in [3.05, 3.63) is 218 Å². The molecular formula is C58H36N2. The van der Waals surface area contributed by atoms with Crippen molar-refractivity contribution in [1.82, 2.24) is 9.13 Å². The normalized spacial score (nSPS) is 12.0. The van der Waals surface area contributed by atoms with Gasteiger partial charge in [-0.3, -0.25) is 0 Å². The van der Waals surface area contributed by atoms with Crippen molar-refractivity contribution >= 4 is 86.7 Å². The zero-order valence-electron chi connectivity index (χ0n) is 32.7. The predicted octanol–water partition coefficient (Wildman–Crippen LogP) is 15.8. The number of aromatic nitrogens is 2. The Hall–Kier alpha value is -7.94. The van der Waals surface area contributed by atoms with Gasteiger partial charge in [0, 0.05) is 32.9 Å². The van der Waals surface area contributed by atoms with Crippen LogP contribution in [0.15, 0.2) is 218 Å². The summed E-state index contributed by atoms with van der Waals surface area (Å²) >= 11 is 0. The van der Waals surface area contributed by atoms with E-state index >= 15 is 0 Å². The van der Waals surface area contributed by atoms with Gasteiger partial charge < -0.3 is 9.13 Å². The second kappa shape index (κ2) is 12.8. The minimum Gasteiger partial charge on any atom is -0.309 e. The highest BCUT2D eigenvalue weighted by molar-refractivity contribution is 6.24. The van der Waals surface area contributed by atoms with Crippen LogP contribution in [0.5, 0.6) is 0 Å². The molecule has 2 nitrogen and oxygen atoms in total. The average molecular weight is 761 g/mol. The van der Waals surface area contributed by atoms with Crippen LogP contribution >= 0.6 is 0 Å². The van der Waals surface area contributed by atoms with Crippen LogP contribution in [0.25, 0.3) is 120 Å². The summed E-state index contributed by atoms with van der Waals surface area (Å²) in [6.07, 6.45) is 0. The molecule has 0 aliphatic heterocycles. The van der Waals surface area contributed by atoms with Crippen LogP contribution < -0.4 is 0 Å². The second-order valence-corrected chi connectivity index (χ2v) is 16.1. The highest BCUT2D eigenvalue weighted by Crippen LogP contribution is 2.40. The molecule has 0 atom stereocenters. The van der Waals surface area contributed by atoms with Crippen LogP contribution in [-0.4, -0.2) is 9.13 Å². The summed E-state index contributed by atoms with van der Waals surface area (Å²) in [5.41, 5.74) is 12.0. The molecule has 0 N–H and O–H groups in total. The van der Waals surface area contributed by atoms with E-state index in [1.54, 1.807) is 0 Å². The first-order chi connectivity index (χ1) is 29.7. The molecule has 60 heavy (non-hydrogen) atoms. The Bertz CT molecular complexity index is 3590. The average Bonchev–Trinajstić information content (AvgIpc) is 3.84. The van der Waals surface area contributed by atoms with E-state index in [-0.39, 0.29) is 0 Å². The number of nitrogens with zero attached hydrogens (tertiary/aromatic N) is 2. The molecule has 11 aromatic carbocycles. The minimum absolute atomic E-state index is 1.16. The van der Waals surface area contributed by atoms with Crippen LogP contribution in [0.1, 0.15) is 0 Å². The fourth-order valence-corrected chi connectivity index (χ4v) is 9.98. The lowest BCUT2D eigenvalue weighted by Gasteiger charge is -2.11. The standard InChI is InChI=1S/C58H36N2/c1-3-11-43-35-51-45(33-41(43)9-1)25-31-55-57(51)49-13-5-7-15-53(49)59(55)47-27-21-39(22-28-47)37-17-19-38(20-18-37)40-23-29-48(30-24-40)60-54-16-8-6-14-50(54)58-52-36-44-12-4-2-10-42(44)34-46(52)26-32-56(58)60/h1-36H. The molecule has 0 bridgehead atoms. The summed E-state index contributed by atoms with van der Waals surface area (Å²) in [7, 11) is 0. The van der Waals surface area contributed by atoms with Gasteiger partial charge >= 0.3 is 0 Å². The third kappa shape index (κ3) is 4.95. The van der Waals surface area contributed by atoms with E-state index in [4.69, 9.17) is 0 Å². The highest BCUT2D eigenvalue weighted by Gasteiger charge is 2.17. The van der Waals surface area contributed by atoms with Crippen molar-refractivity contribution in [2.24, 2.45) is 0 Å². The van der Waals surface area contributed by atoms with E-state index in [1.165, 1.54) is 109 Å². The predicted molar refractivity (Wildman–Crippen MR) is 256 cm³/mol. The number of fused-ring (bicyclic) bond motifs is 12. The van der Waals surface area contributed by atoms with Crippen molar-refractivity contribution < 1.29 is 0 Å². The Morgan fingerprint density at radius 1 is 0.217 bits per heavy atom. The smallest absolute Gasteiger partial charge is 0.0547 e. The first kappa shape index (κ1) is 33.1. The van der Waals surface area contributed by atoms with E-state index in [0.29, 0.717) is 0 Å². The van der Waals surface area contributed by atoms with Crippen LogP contribution in [0.3, 0.4) is 0 Å². The zero-order chi connectivity index (χ0) is 39.3. The third-order valence-electron chi connectivity index (χ3n) is 12.8. The maximum Gasteiger partial charge on any atom is 0.0547 e. The fraction of sp³-hybridized carbons (Fsp3) is 0. The molecule has 13 rings (SSSR count). The Kier molecular flexibility index (Phi) is 7.05. The molecule has 13 aromatic rings. The third-order valence-corrected chi connectivity index (χ3v) is 12.8. The molecule has 0 aliphatic carbocycles. The molecule has 278 valence electrons. The molecule has 0 saturated carbocycles. The van der Waals surface area contributed by atoms with Gasteiger partial charge in [0.1, 0.15) is 0 Å². The zero-order valence-corrected chi connectivity index (χ0v) is 32.7. The first-order valence-electron chi connectivity index (χ1n) is 20.7. The van der Waals surface area contributed by atoms with Gasteiger partial charge in [0.05, 0.1) is 22.1 Å². The number of para-hydroxylation sites is 2. The number of rotatable bonds is 4. The van der Waals surface area contributed by atoms with E-state index in [0.717, 1.165) is 11.4 Å². The minimum atomic E-state index is 1.16. The Morgan fingerprint density at radius 2 is 0.550 bits per heavy atom. The molecule has 0 amide bonds. The van der Waals surface area contributed by atoms with Crippen LogP contribution in [-0.2, 0) is 0 Å². The van der Waals surface area contributed by atoms with Gasteiger partial charge in [0.15, 0.2) is 0 Å². The van der Waals surface area contributed by atoms with Crippen molar-refractivity contribution in [2.45, 2.75) is 0 Å². The van der Waals surface area contributed by atoms with E-state index < -0.39 is 0 Å². The van der Waals surface area contributed by atoms with Crippen LogP contribution in [0.2, 0.25) is 0 Å². The number of hydrogen-bond donors (Lipinski definition) is 0. The van der Waals surface area contributed by atoms with Crippen LogP contribution in [0.4, 0.5) is 0 Å². The van der Waals surface area contributed by atoms with E-state index in [2.05, 4.69) is 228 Å². The van der Waals surface area contributed by atoms with E-state index in [9.17, 15) is 0 Å². The van der Waals surface area contributed by atoms with Gasteiger partial charge in [-0.25, -0.2) is 0 Å². The number of hydrogen-bond acceptors (Lipinski definition) is 0. The summed E-state index contributed by atoms with van der Waals surface area (Å²) in [6.45, 7) is 0. The molecular weight excluding hydrogens is 725 g/mol. The lowest BCUT2D eigenvalue weighted by atomic mass is 9.99. The molecule has 0 radical (unpaired) electrons. The molecule has 0 aliphatic rings. The summed E-state index contributed by atoms with van der Waals surface area (Å²) < 4.78 is 4.83. The maximum atomic E-state index is 2.42. The molecule has 2 heterocycles. The molecule has 2 aromatic heterocycles. The summed E-state index contributed by atoms with van der Waals surface area (Å²) in [6, 6.07) is 80.5. The summed E-state index contributed by atoms with van der Waals surface area (Å²) in [4.78, 5) is 0. The highest BCUT2D eigenvalue weighted by atomic mass is 15.0. The Morgan fingerprint density at radius 3 is 0.950 bits per heavy atom. The molecule has 0 saturated heterocycles. The van der Waals surface area contributed by atoms with E-state index in [1.807, 2.05) is 0 Å². The second-order valence-electron chi connectivity index (χ2n) is 16.1. The van der Waals surface area contributed by atoms with Crippen molar-refractivity contribution in [1.29, 1.82) is 0 Å². The lowest BCUT2D eigenvalue weighted by Crippen LogP contribution is -1.94. The van der Waals surface area contributed by atoms with Crippen molar-refractivity contribution in [3.63, 3.8) is 0 Å². The van der Waals surface area contributed by atoms with Gasteiger partial charge in [-0.05, 0) is 138 Å². The Balaban J connectivity index is 0.831. The van der Waals surface area contributed by atoms with Crippen molar-refractivity contribution in [3.8, 4) is 33.6 Å². The van der Waals surface area contributed by atoms with Gasteiger partial charge in [0.2, 0.25) is 0 Å². The number of benzene rings is 11. The quantitative estimate of drug-likeness (QED) is 0.158. The SMILES string of the molecule is c1ccc2cc3c(ccc4c3c3ccccc3n4-c3ccc(-c4ccc(-c5ccc(-n6c7ccccc7c7c8cc9ccccc9cc8ccc76)cc5)cc4)cc3)cc2c1. The molecule has 0 unspecified atom stereocenters. The van der Waals surface area contributed by atoms with Crippen LogP contribution in [0, 0.1) is 0 Å². The summed E-state index contributed by atoms with van der Waals surface area (Å²) in [5.74, 6) is 0. The molecule has 0 spiro atoms. The van der Waals surface area contributed by atoms with Gasteiger partial charge in [-0.1, -0.05) is 146 Å². The summed E-state index contributed by atoms with van der Waals surface area (Å²) in [5, 5.41) is 15.4. The monoisotopic (exact) mass is 760 g/mol. The first-order valence-corrected chi connectivity index (χ1v) is 20.7. The van der Waals surface area contributed by atoms with Gasteiger partial charge in [0.25, 0.3) is 0 Å². The maximum absolute atomic E-state index is 2.42. The Labute approximate surface area is 346 Å².